The summed E-state index contributed by atoms with van der Waals surface area (Å²) < 4.78 is 21.0. The van der Waals surface area contributed by atoms with Gasteiger partial charge >= 0.3 is 11.9 Å². The van der Waals surface area contributed by atoms with Gasteiger partial charge in [0.05, 0.1) is 0 Å². The summed E-state index contributed by atoms with van der Waals surface area (Å²) in [5, 5.41) is 20.6. The summed E-state index contributed by atoms with van der Waals surface area (Å²) in [6, 6.07) is 6.63. The van der Waals surface area contributed by atoms with E-state index in [0.717, 1.165) is 11.5 Å². The fourth-order valence-electron chi connectivity index (χ4n) is 2.52. The molecule has 0 aromatic heterocycles. The molecule has 0 spiro atoms. The third-order valence-corrected chi connectivity index (χ3v) is 5.94. The number of hydrogen-bond donors (Lipinski definition) is 2. The van der Waals surface area contributed by atoms with Crippen molar-refractivity contribution in [3.63, 3.8) is 0 Å². The van der Waals surface area contributed by atoms with Gasteiger partial charge in [-0.15, -0.1) is 0 Å². The number of carbonyl (C=O) groups is 2. The van der Waals surface area contributed by atoms with Crippen molar-refractivity contribution in [2.24, 2.45) is 9.98 Å². The van der Waals surface area contributed by atoms with Crippen LogP contribution in [-0.2, 0) is 19.1 Å². The van der Waals surface area contributed by atoms with Crippen LogP contribution in [0.15, 0.2) is 34.3 Å². The Kier molecular flexibility index (Phi) is 9.65. The van der Waals surface area contributed by atoms with Crippen LogP contribution in [0.3, 0.4) is 0 Å². The Morgan fingerprint density at radius 2 is 1.31 bits per heavy atom. The normalized spacial score (nSPS) is 17.2. The topological polar surface area (TPSA) is 136 Å². The van der Waals surface area contributed by atoms with Gasteiger partial charge in [-0.3, -0.25) is 9.98 Å². The Hall–Kier alpha value is -2.28. The molecule has 1 aromatic carbocycles. The smallest absolute Gasteiger partial charge is 0.363 e. The number of hydrogen-bond acceptors (Lipinski definition) is 12. The molecular weight excluding hydrogens is 460 g/mol. The van der Waals surface area contributed by atoms with Crippen LogP contribution >= 0.6 is 23.5 Å². The molecule has 1 aromatic rings. The maximum atomic E-state index is 11.7. The van der Waals surface area contributed by atoms with Gasteiger partial charge in [0.1, 0.15) is 50.1 Å². The number of aliphatic imine (C=N–C) groups is 2. The predicted octanol–water partition coefficient (Wildman–Crippen LogP) is 0.543. The highest BCUT2D eigenvalue weighted by Gasteiger charge is 2.20. The molecule has 10 nitrogen and oxygen atoms in total. The summed E-state index contributed by atoms with van der Waals surface area (Å²) in [6.45, 7) is 0.606. The van der Waals surface area contributed by atoms with E-state index in [9.17, 15) is 19.8 Å². The van der Waals surface area contributed by atoms with Crippen molar-refractivity contribution in [1.29, 1.82) is 0 Å². The van der Waals surface area contributed by atoms with Crippen LogP contribution in [0.5, 0.6) is 11.5 Å². The summed E-state index contributed by atoms with van der Waals surface area (Å²) in [6.07, 6.45) is -2.01. The van der Waals surface area contributed by atoms with E-state index < -0.39 is 24.1 Å². The Morgan fingerprint density at radius 1 is 0.844 bits per heavy atom. The SMILES string of the molecule is O=C(OCC(O)COc1cccc(OCC(O)COC(=O)C2=NCCS2)c1)C1=NCCS1. The van der Waals surface area contributed by atoms with E-state index >= 15 is 0 Å². The van der Waals surface area contributed by atoms with E-state index in [2.05, 4.69) is 9.98 Å². The van der Waals surface area contributed by atoms with Crippen molar-refractivity contribution in [2.45, 2.75) is 12.2 Å². The third kappa shape index (κ3) is 8.01. The molecular formula is C20H24N2O8S2. The lowest BCUT2D eigenvalue weighted by Gasteiger charge is -2.15. The maximum absolute atomic E-state index is 11.7. The summed E-state index contributed by atoms with van der Waals surface area (Å²) in [7, 11) is 0. The van der Waals surface area contributed by atoms with E-state index in [0.29, 0.717) is 34.7 Å². The number of thioether (sulfide) groups is 2. The van der Waals surface area contributed by atoms with Gasteiger partial charge in [0.2, 0.25) is 0 Å². The monoisotopic (exact) mass is 484 g/mol. The van der Waals surface area contributed by atoms with Crippen molar-refractivity contribution in [2.75, 3.05) is 51.0 Å². The molecule has 2 N–H and O–H groups in total. The van der Waals surface area contributed by atoms with Gasteiger partial charge in [-0.1, -0.05) is 29.6 Å². The zero-order chi connectivity index (χ0) is 22.8. The third-order valence-electron chi connectivity index (χ3n) is 4.02. The van der Waals surface area contributed by atoms with Crippen LogP contribution in [0.1, 0.15) is 0 Å². The first-order chi connectivity index (χ1) is 15.5. The lowest BCUT2D eigenvalue weighted by molar-refractivity contribution is -0.139. The number of aliphatic hydroxyl groups excluding tert-OH is 2. The van der Waals surface area contributed by atoms with Crippen molar-refractivity contribution in [3.8, 4) is 11.5 Å². The Bertz CT molecular complexity index is 799. The maximum Gasteiger partial charge on any atom is 0.363 e. The van der Waals surface area contributed by atoms with E-state index in [-0.39, 0.29) is 26.4 Å². The van der Waals surface area contributed by atoms with Gasteiger partial charge < -0.3 is 29.2 Å². The highest BCUT2D eigenvalue weighted by atomic mass is 32.2. The minimum atomic E-state index is -1.00. The Labute approximate surface area is 193 Å². The molecule has 2 atom stereocenters. The molecule has 2 heterocycles. The molecule has 32 heavy (non-hydrogen) atoms. The summed E-state index contributed by atoms with van der Waals surface area (Å²) >= 11 is 2.66. The number of rotatable bonds is 12. The van der Waals surface area contributed by atoms with E-state index in [1.807, 2.05) is 0 Å². The van der Waals surface area contributed by atoms with Crippen LogP contribution < -0.4 is 9.47 Å². The molecule has 0 saturated heterocycles. The molecule has 0 radical (unpaired) electrons. The first-order valence-electron chi connectivity index (χ1n) is 9.92. The molecule has 174 valence electrons. The number of carbonyl (C=O) groups excluding carboxylic acids is 2. The number of esters is 2. The zero-order valence-corrected chi connectivity index (χ0v) is 18.8. The quantitative estimate of drug-likeness (QED) is 0.405. The molecule has 0 bridgehead atoms. The molecule has 0 fully saturated rings. The standard InChI is InChI=1S/C20H24N2O8S2/c23-13(11-29-19(25)17-21-4-6-31-17)9-27-15-2-1-3-16(8-15)28-10-14(24)12-30-20(26)18-22-5-7-32-18/h1-3,8,13-14,23-24H,4-7,9-12H2. The highest BCUT2D eigenvalue weighted by molar-refractivity contribution is 8.16. The molecule has 0 amide bonds. The molecule has 0 aliphatic carbocycles. The Morgan fingerprint density at radius 3 is 1.72 bits per heavy atom. The number of aliphatic hydroxyl groups is 2. The van der Waals surface area contributed by atoms with E-state index in [1.165, 1.54) is 23.5 Å². The summed E-state index contributed by atoms with van der Waals surface area (Å²) in [5.74, 6) is 1.29. The average Bonchev–Trinajstić information content (AvgIpc) is 3.53. The van der Waals surface area contributed by atoms with E-state index in [1.54, 1.807) is 24.3 Å². The van der Waals surface area contributed by atoms with Gasteiger partial charge in [-0.2, -0.15) is 0 Å². The zero-order valence-electron chi connectivity index (χ0n) is 17.2. The van der Waals surface area contributed by atoms with Gasteiger partial charge in [-0.25, -0.2) is 9.59 Å². The van der Waals surface area contributed by atoms with Gasteiger partial charge in [-0.05, 0) is 12.1 Å². The minimum absolute atomic E-state index is 0.0865. The number of benzene rings is 1. The molecule has 12 heteroatoms. The van der Waals surface area contributed by atoms with Gasteiger partial charge in [0, 0.05) is 30.7 Å². The summed E-state index contributed by atoms with van der Waals surface area (Å²) in [4.78, 5) is 31.5. The van der Waals surface area contributed by atoms with Crippen LogP contribution in [0.4, 0.5) is 0 Å². The van der Waals surface area contributed by atoms with Crippen LogP contribution in [0.25, 0.3) is 0 Å². The van der Waals surface area contributed by atoms with Crippen molar-refractivity contribution in [1.82, 2.24) is 0 Å². The molecule has 0 saturated carbocycles. The lowest BCUT2D eigenvalue weighted by atomic mass is 10.3. The van der Waals surface area contributed by atoms with Crippen molar-refractivity contribution in [3.05, 3.63) is 24.3 Å². The fourth-order valence-corrected chi connectivity index (χ4v) is 3.99. The van der Waals surface area contributed by atoms with Crippen molar-refractivity contribution >= 4 is 45.5 Å². The second-order valence-electron chi connectivity index (χ2n) is 6.67. The van der Waals surface area contributed by atoms with Crippen LogP contribution in [-0.4, -0.2) is 95.5 Å². The molecule has 3 rings (SSSR count). The number of ether oxygens (including phenoxy) is 4. The molecule has 2 unspecified atom stereocenters. The van der Waals surface area contributed by atoms with E-state index in [4.69, 9.17) is 18.9 Å². The predicted molar refractivity (Wildman–Crippen MR) is 121 cm³/mol. The second-order valence-corrected chi connectivity index (χ2v) is 8.84. The van der Waals surface area contributed by atoms with Crippen molar-refractivity contribution < 1.29 is 38.7 Å². The van der Waals surface area contributed by atoms with Crippen LogP contribution in [0, 0.1) is 0 Å². The molecule has 2 aliphatic heterocycles. The highest BCUT2D eigenvalue weighted by Crippen LogP contribution is 2.20. The summed E-state index contributed by atoms with van der Waals surface area (Å²) in [5.41, 5.74) is 0. The van der Waals surface area contributed by atoms with Gasteiger partial charge in [0.15, 0.2) is 10.1 Å². The Balaban J connectivity index is 1.34. The first kappa shape index (κ1) is 24.4. The fraction of sp³-hybridized carbons (Fsp3) is 0.500. The largest absolute Gasteiger partial charge is 0.491 e. The second kappa shape index (κ2) is 12.7. The first-order valence-corrected chi connectivity index (χ1v) is 11.9. The number of nitrogens with zero attached hydrogens (tertiary/aromatic N) is 2. The lowest BCUT2D eigenvalue weighted by Crippen LogP contribution is -2.27. The van der Waals surface area contributed by atoms with Crippen LogP contribution in [0.2, 0.25) is 0 Å². The average molecular weight is 485 g/mol. The molecule has 2 aliphatic rings. The minimum Gasteiger partial charge on any atom is -0.491 e. The van der Waals surface area contributed by atoms with Gasteiger partial charge in [0.25, 0.3) is 0 Å².